The van der Waals surface area contributed by atoms with Crippen LogP contribution >= 0.6 is 12.6 Å². The van der Waals surface area contributed by atoms with E-state index >= 15 is 0 Å². The highest BCUT2D eigenvalue weighted by molar-refractivity contribution is 7.81. The first-order valence-electron chi connectivity index (χ1n) is 2.50. The predicted octanol–water partition coefficient (Wildman–Crippen LogP) is 0.965. The zero-order valence-electron chi connectivity index (χ0n) is 5.53. The lowest BCUT2D eigenvalue weighted by molar-refractivity contribution is 0.324. The van der Waals surface area contributed by atoms with Gasteiger partial charge < -0.3 is 4.84 Å². The van der Waals surface area contributed by atoms with Crippen LogP contribution in [0.3, 0.4) is 0 Å². The van der Waals surface area contributed by atoms with Crippen molar-refractivity contribution in [2.75, 3.05) is 7.05 Å². The highest BCUT2D eigenvalue weighted by atomic mass is 32.1. The highest BCUT2D eigenvalue weighted by Gasteiger charge is 2.04. The molecule has 0 aliphatic carbocycles. The van der Waals surface area contributed by atoms with Gasteiger partial charge in [-0.3, -0.25) is 4.99 Å². The summed E-state index contributed by atoms with van der Waals surface area (Å²) >= 11 is 4.06. The Hall–Kier alpha value is -0.510. The summed E-state index contributed by atoms with van der Waals surface area (Å²) in [5, 5.41) is 3.17. The van der Waals surface area contributed by atoms with Crippen molar-refractivity contribution in [2.24, 2.45) is 10.1 Å². The first kappa shape index (κ1) is 8.49. The van der Waals surface area contributed by atoms with Crippen molar-refractivity contribution in [3.8, 4) is 0 Å². The molecule has 0 aromatic rings. The Morgan fingerprint density at radius 1 is 1.78 bits per heavy atom. The van der Waals surface area contributed by atoms with Crippen molar-refractivity contribution in [3.05, 3.63) is 0 Å². The van der Waals surface area contributed by atoms with Crippen LogP contribution in [0.4, 0.5) is 0 Å². The van der Waals surface area contributed by atoms with Crippen LogP contribution in [0.5, 0.6) is 0 Å². The third kappa shape index (κ3) is 3.13. The maximum Gasteiger partial charge on any atom is 0.232 e. The molecule has 0 aliphatic heterocycles. The fraction of sp³-hybridized carbons (Fsp3) is 0.600. The summed E-state index contributed by atoms with van der Waals surface area (Å²) in [6, 6.07) is 0. The number of hydrogen-bond acceptors (Lipinski definition) is 4. The molecule has 9 heavy (non-hydrogen) atoms. The lowest BCUT2D eigenvalue weighted by Crippen LogP contribution is -2.11. The quantitative estimate of drug-likeness (QED) is 0.268. The van der Waals surface area contributed by atoms with Crippen molar-refractivity contribution in [1.29, 1.82) is 0 Å². The zero-order valence-corrected chi connectivity index (χ0v) is 6.43. The van der Waals surface area contributed by atoms with Gasteiger partial charge in [0.1, 0.15) is 0 Å². The number of nitrogens with zero attached hydrogens (tertiary/aromatic N) is 2. The normalized spacial score (nSPS) is 14.8. The van der Waals surface area contributed by atoms with Crippen LogP contribution in [0.2, 0.25) is 0 Å². The number of oxime groups is 1. The smallest absolute Gasteiger partial charge is 0.232 e. The fourth-order valence-corrected chi connectivity index (χ4v) is 0.533. The number of hydrogen-bond donors (Lipinski definition) is 1. The van der Waals surface area contributed by atoms with Gasteiger partial charge in [-0.1, -0.05) is 5.16 Å². The Kier molecular flexibility index (Phi) is 4.13. The third-order valence-corrected chi connectivity index (χ3v) is 0.957. The summed E-state index contributed by atoms with van der Waals surface area (Å²) in [5.41, 5.74) is 0. The molecule has 0 rings (SSSR count). The molecule has 0 fully saturated rings. The van der Waals surface area contributed by atoms with Crippen molar-refractivity contribution < 1.29 is 4.84 Å². The third-order valence-electron chi connectivity index (χ3n) is 0.736. The molecule has 4 heteroatoms. The van der Waals surface area contributed by atoms with Crippen molar-refractivity contribution in [3.63, 3.8) is 0 Å². The SMILES string of the molecule is C=NO/C(=N\C)C(C)S. The number of aliphatic imine (C=N–C) groups is 1. The average molecular weight is 146 g/mol. The summed E-state index contributed by atoms with van der Waals surface area (Å²) in [5.74, 6) is 0.480. The topological polar surface area (TPSA) is 34.0 Å². The van der Waals surface area contributed by atoms with E-state index in [-0.39, 0.29) is 5.25 Å². The minimum atomic E-state index is -0.0273. The first-order chi connectivity index (χ1) is 4.22. The molecule has 0 N–H and O–H groups in total. The van der Waals surface area contributed by atoms with Crippen LogP contribution in [-0.4, -0.2) is 24.9 Å². The van der Waals surface area contributed by atoms with Crippen LogP contribution in [0.15, 0.2) is 10.1 Å². The fourth-order valence-electron chi connectivity index (χ4n) is 0.370. The largest absolute Gasteiger partial charge is 0.341 e. The van der Waals surface area contributed by atoms with Gasteiger partial charge in [-0.2, -0.15) is 12.6 Å². The van der Waals surface area contributed by atoms with Gasteiger partial charge in [0, 0.05) is 13.8 Å². The molecule has 0 aromatic heterocycles. The first-order valence-corrected chi connectivity index (χ1v) is 3.01. The predicted molar refractivity (Wildman–Crippen MR) is 42.4 cm³/mol. The van der Waals surface area contributed by atoms with E-state index in [0.29, 0.717) is 5.90 Å². The molecule has 1 atom stereocenters. The number of rotatable bonds is 2. The molecule has 1 unspecified atom stereocenters. The number of thiol groups is 1. The van der Waals surface area contributed by atoms with Gasteiger partial charge in [-0.25, -0.2) is 0 Å². The van der Waals surface area contributed by atoms with E-state index in [1.54, 1.807) is 7.05 Å². The highest BCUT2D eigenvalue weighted by Crippen LogP contribution is 1.97. The molecule has 0 aliphatic rings. The van der Waals surface area contributed by atoms with Crippen LogP contribution in [0.25, 0.3) is 0 Å². The van der Waals surface area contributed by atoms with Gasteiger partial charge in [-0.15, -0.1) is 0 Å². The Bertz CT molecular complexity index is 122. The summed E-state index contributed by atoms with van der Waals surface area (Å²) < 4.78 is 0. The Morgan fingerprint density at radius 2 is 2.33 bits per heavy atom. The maximum atomic E-state index is 4.64. The van der Waals surface area contributed by atoms with E-state index in [9.17, 15) is 0 Å². The Labute approximate surface area is 60.2 Å². The van der Waals surface area contributed by atoms with Crippen LogP contribution in [0.1, 0.15) is 6.92 Å². The van der Waals surface area contributed by atoms with Crippen molar-refractivity contribution >= 4 is 25.2 Å². The molecule has 0 aromatic carbocycles. The molecular weight excluding hydrogens is 136 g/mol. The second-order valence-electron chi connectivity index (χ2n) is 1.46. The van der Waals surface area contributed by atoms with Crippen LogP contribution < -0.4 is 0 Å². The molecule has 52 valence electrons. The van der Waals surface area contributed by atoms with Crippen LogP contribution in [0, 0.1) is 0 Å². The summed E-state index contributed by atoms with van der Waals surface area (Å²) in [6.45, 7) is 4.99. The lowest BCUT2D eigenvalue weighted by Gasteiger charge is -2.02. The average Bonchev–Trinajstić information content (AvgIpc) is 1.82. The molecule has 3 nitrogen and oxygen atoms in total. The van der Waals surface area contributed by atoms with E-state index in [1.807, 2.05) is 6.92 Å². The van der Waals surface area contributed by atoms with Gasteiger partial charge >= 0.3 is 0 Å². The lowest BCUT2D eigenvalue weighted by atomic mass is 10.5. The maximum absolute atomic E-state index is 4.64. The molecule has 0 heterocycles. The minimum absolute atomic E-state index is 0.0273. The standard InChI is InChI=1S/C5H10N2OS/c1-4(9)5(6-2)8-7-3/h4,9H,3H2,1-2H3/b6-5-. The molecule has 0 spiro atoms. The van der Waals surface area contributed by atoms with E-state index in [1.165, 1.54) is 0 Å². The van der Waals surface area contributed by atoms with E-state index in [0.717, 1.165) is 0 Å². The second-order valence-corrected chi connectivity index (χ2v) is 2.23. The molecule has 0 radical (unpaired) electrons. The molecule has 0 amide bonds. The minimum Gasteiger partial charge on any atom is -0.341 e. The Balaban J connectivity index is 3.84. The van der Waals surface area contributed by atoms with Gasteiger partial charge in [-0.05, 0) is 6.92 Å². The summed E-state index contributed by atoms with van der Waals surface area (Å²) in [7, 11) is 1.62. The van der Waals surface area contributed by atoms with E-state index in [4.69, 9.17) is 0 Å². The van der Waals surface area contributed by atoms with E-state index in [2.05, 4.69) is 34.3 Å². The van der Waals surface area contributed by atoms with E-state index < -0.39 is 0 Å². The van der Waals surface area contributed by atoms with Crippen LogP contribution in [-0.2, 0) is 4.84 Å². The van der Waals surface area contributed by atoms with Gasteiger partial charge in [0.2, 0.25) is 5.90 Å². The van der Waals surface area contributed by atoms with Gasteiger partial charge in [0.05, 0.1) is 5.25 Å². The Morgan fingerprint density at radius 3 is 2.44 bits per heavy atom. The zero-order chi connectivity index (χ0) is 7.28. The molecular formula is C5H10N2OS. The molecule has 0 saturated carbocycles. The molecule has 0 bridgehead atoms. The molecule has 0 saturated heterocycles. The van der Waals surface area contributed by atoms with Gasteiger partial charge in [0.15, 0.2) is 0 Å². The van der Waals surface area contributed by atoms with Crippen molar-refractivity contribution in [2.45, 2.75) is 12.2 Å². The second kappa shape index (κ2) is 4.38. The summed E-state index contributed by atoms with van der Waals surface area (Å²) in [6.07, 6.45) is 0. The monoisotopic (exact) mass is 146 g/mol. The van der Waals surface area contributed by atoms with Crippen molar-refractivity contribution in [1.82, 2.24) is 0 Å². The summed E-state index contributed by atoms with van der Waals surface area (Å²) in [4.78, 5) is 8.40. The van der Waals surface area contributed by atoms with Gasteiger partial charge in [0.25, 0.3) is 0 Å².